The minimum absolute atomic E-state index is 0.179. The maximum Gasteiger partial charge on any atom is 0.262 e. The van der Waals surface area contributed by atoms with E-state index in [1.807, 2.05) is 6.92 Å². The number of hydrogen-bond acceptors (Lipinski definition) is 6. The van der Waals surface area contributed by atoms with Gasteiger partial charge in [-0.1, -0.05) is 13.0 Å². The second-order valence-electron chi connectivity index (χ2n) is 4.37. The lowest BCUT2D eigenvalue weighted by Crippen LogP contribution is -2.16. The van der Waals surface area contributed by atoms with Gasteiger partial charge in [-0.2, -0.15) is 0 Å². The molecule has 118 valence electrons. The van der Waals surface area contributed by atoms with Crippen LogP contribution in [0.25, 0.3) is 0 Å². The van der Waals surface area contributed by atoms with Gasteiger partial charge in [0.05, 0.1) is 27.9 Å². The molecule has 0 saturated heterocycles. The predicted octanol–water partition coefficient (Wildman–Crippen LogP) is 0.487. The molecule has 0 spiro atoms. The lowest BCUT2D eigenvalue weighted by Gasteiger charge is -2.08. The van der Waals surface area contributed by atoms with Crippen LogP contribution < -0.4 is 9.86 Å². The van der Waals surface area contributed by atoms with Crippen molar-refractivity contribution in [3.8, 4) is 0 Å². The minimum Gasteiger partial charge on any atom is -0.276 e. The van der Waals surface area contributed by atoms with Crippen LogP contribution in [0.2, 0.25) is 0 Å². The average molecular weight is 342 g/mol. The second kappa shape index (κ2) is 5.99. The van der Waals surface area contributed by atoms with E-state index >= 15 is 0 Å². The van der Waals surface area contributed by atoms with E-state index in [1.54, 1.807) is 0 Å². The van der Waals surface area contributed by atoms with Gasteiger partial charge in [-0.05, 0) is 18.2 Å². The number of sulfonamides is 2. The Morgan fingerprint density at radius 2 is 1.68 bits per heavy atom. The van der Waals surface area contributed by atoms with E-state index in [0.717, 1.165) is 6.07 Å². The van der Waals surface area contributed by atoms with Crippen LogP contribution in [0.4, 0.5) is 5.69 Å². The van der Waals surface area contributed by atoms with Crippen LogP contribution in [-0.2, 0) is 26.5 Å². The Balaban J connectivity index is 2.34. The first-order valence-corrected chi connectivity index (χ1v) is 9.22. The van der Waals surface area contributed by atoms with Crippen molar-refractivity contribution < 1.29 is 16.8 Å². The molecule has 0 amide bonds. The summed E-state index contributed by atoms with van der Waals surface area (Å²) >= 11 is 0. The SMILES string of the molecule is CCc1ncc(NS(=O)(=O)c2cccc(S(N)(=O)=O)c2)cn1. The van der Waals surface area contributed by atoms with Crippen LogP contribution in [0.3, 0.4) is 0 Å². The largest absolute Gasteiger partial charge is 0.276 e. The van der Waals surface area contributed by atoms with Gasteiger partial charge in [0.1, 0.15) is 5.82 Å². The molecule has 2 rings (SSSR count). The van der Waals surface area contributed by atoms with E-state index in [2.05, 4.69) is 14.7 Å². The highest BCUT2D eigenvalue weighted by Gasteiger charge is 2.17. The Kier molecular flexibility index (Phi) is 4.44. The van der Waals surface area contributed by atoms with Gasteiger partial charge in [0.2, 0.25) is 10.0 Å². The molecule has 22 heavy (non-hydrogen) atoms. The Labute approximate surface area is 128 Å². The van der Waals surface area contributed by atoms with Gasteiger partial charge in [-0.15, -0.1) is 0 Å². The molecule has 3 N–H and O–H groups in total. The van der Waals surface area contributed by atoms with E-state index in [1.165, 1.54) is 30.6 Å². The fourth-order valence-electron chi connectivity index (χ4n) is 1.62. The van der Waals surface area contributed by atoms with Gasteiger partial charge < -0.3 is 0 Å². The van der Waals surface area contributed by atoms with Crippen LogP contribution in [-0.4, -0.2) is 26.8 Å². The van der Waals surface area contributed by atoms with E-state index < -0.39 is 20.0 Å². The normalized spacial score (nSPS) is 12.1. The standard InChI is InChI=1S/C12H14N4O4S2/c1-2-12-14-7-9(8-15-12)16-22(19,20)11-5-3-4-10(6-11)21(13,17)18/h3-8,16H,2H2,1H3,(H2,13,17,18). The zero-order valence-corrected chi connectivity index (χ0v) is 13.2. The van der Waals surface area contributed by atoms with Crippen molar-refractivity contribution in [2.75, 3.05) is 4.72 Å². The molecule has 0 aliphatic rings. The molecular formula is C12H14N4O4S2. The van der Waals surface area contributed by atoms with Crippen molar-refractivity contribution in [2.45, 2.75) is 23.1 Å². The first-order valence-electron chi connectivity index (χ1n) is 6.19. The summed E-state index contributed by atoms with van der Waals surface area (Å²) < 4.78 is 49.3. The van der Waals surface area contributed by atoms with Crippen LogP contribution in [0, 0.1) is 0 Å². The number of rotatable bonds is 5. The van der Waals surface area contributed by atoms with E-state index in [0.29, 0.717) is 12.2 Å². The molecular weight excluding hydrogens is 328 g/mol. The topological polar surface area (TPSA) is 132 Å². The van der Waals surface area contributed by atoms with Gasteiger partial charge in [0.25, 0.3) is 10.0 Å². The van der Waals surface area contributed by atoms with E-state index in [4.69, 9.17) is 5.14 Å². The molecule has 1 aromatic carbocycles. The van der Waals surface area contributed by atoms with E-state index in [-0.39, 0.29) is 15.5 Å². The van der Waals surface area contributed by atoms with Gasteiger partial charge in [0.15, 0.2) is 0 Å². The highest BCUT2D eigenvalue weighted by molar-refractivity contribution is 7.93. The third kappa shape index (κ3) is 3.78. The lowest BCUT2D eigenvalue weighted by molar-refractivity contribution is 0.597. The number of hydrogen-bond donors (Lipinski definition) is 2. The first kappa shape index (κ1) is 16.3. The number of nitrogens with zero attached hydrogens (tertiary/aromatic N) is 2. The fourth-order valence-corrected chi connectivity index (χ4v) is 3.33. The van der Waals surface area contributed by atoms with Gasteiger partial charge in [-0.25, -0.2) is 31.9 Å². The summed E-state index contributed by atoms with van der Waals surface area (Å²) in [5, 5.41) is 4.99. The molecule has 0 fully saturated rings. The monoisotopic (exact) mass is 342 g/mol. The van der Waals surface area contributed by atoms with Gasteiger partial charge in [-0.3, -0.25) is 4.72 Å². The van der Waals surface area contributed by atoms with Crippen molar-refractivity contribution in [2.24, 2.45) is 5.14 Å². The third-order valence-corrected chi connectivity index (χ3v) is 5.01. The van der Waals surface area contributed by atoms with Crippen LogP contribution in [0.15, 0.2) is 46.5 Å². The number of aromatic nitrogens is 2. The molecule has 0 unspecified atom stereocenters. The molecule has 0 aliphatic heterocycles. The summed E-state index contributed by atoms with van der Waals surface area (Å²) in [4.78, 5) is 7.45. The van der Waals surface area contributed by atoms with E-state index in [9.17, 15) is 16.8 Å². The summed E-state index contributed by atoms with van der Waals surface area (Å²) in [6.07, 6.45) is 3.31. The maximum absolute atomic E-state index is 12.2. The molecule has 0 bridgehead atoms. The van der Waals surface area contributed by atoms with Crippen LogP contribution >= 0.6 is 0 Å². The van der Waals surface area contributed by atoms with Crippen molar-refractivity contribution in [1.29, 1.82) is 0 Å². The number of benzene rings is 1. The zero-order valence-electron chi connectivity index (χ0n) is 11.6. The highest BCUT2D eigenvalue weighted by atomic mass is 32.2. The minimum atomic E-state index is -3.98. The van der Waals surface area contributed by atoms with Crippen LogP contribution in [0.5, 0.6) is 0 Å². The number of nitrogens with two attached hydrogens (primary N) is 1. The quantitative estimate of drug-likeness (QED) is 0.812. The fraction of sp³-hybridized carbons (Fsp3) is 0.167. The molecule has 2 aromatic rings. The number of anilines is 1. The number of primary sulfonamides is 1. The summed E-state index contributed by atoms with van der Waals surface area (Å²) in [6, 6.07) is 4.76. The predicted molar refractivity (Wildman–Crippen MR) is 80.0 cm³/mol. The Bertz CT molecular complexity index is 878. The Hall–Kier alpha value is -2.04. The smallest absolute Gasteiger partial charge is 0.262 e. The van der Waals surface area contributed by atoms with Crippen molar-refractivity contribution in [3.63, 3.8) is 0 Å². The highest BCUT2D eigenvalue weighted by Crippen LogP contribution is 2.18. The Morgan fingerprint density at radius 1 is 1.09 bits per heavy atom. The van der Waals surface area contributed by atoms with Gasteiger partial charge >= 0.3 is 0 Å². The first-order chi connectivity index (χ1) is 10.2. The van der Waals surface area contributed by atoms with Gasteiger partial charge in [0, 0.05) is 6.42 Å². The molecule has 0 saturated carbocycles. The number of nitrogens with one attached hydrogen (secondary N) is 1. The molecule has 0 aliphatic carbocycles. The van der Waals surface area contributed by atoms with Crippen molar-refractivity contribution in [1.82, 2.24) is 9.97 Å². The molecule has 0 atom stereocenters. The summed E-state index contributed by atoms with van der Waals surface area (Å²) in [6.45, 7) is 1.87. The van der Waals surface area contributed by atoms with Crippen molar-refractivity contribution in [3.05, 3.63) is 42.5 Å². The summed E-state index contributed by atoms with van der Waals surface area (Å²) in [5.74, 6) is 0.583. The Morgan fingerprint density at radius 3 is 2.23 bits per heavy atom. The maximum atomic E-state index is 12.2. The average Bonchev–Trinajstić information content (AvgIpc) is 2.47. The summed E-state index contributed by atoms with van der Waals surface area (Å²) in [5.41, 5.74) is 0.179. The third-order valence-electron chi connectivity index (χ3n) is 2.72. The number of aryl methyl sites for hydroxylation is 1. The molecule has 8 nitrogen and oxygen atoms in total. The molecule has 1 heterocycles. The summed E-state index contributed by atoms with van der Waals surface area (Å²) in [7, 11) is -7.95. The van der Waals surface area contributed by atoms with Crippen molar-refractivity contribution >= 4 is 25.7 Å². The zero-order chi connectivity index (χ0) is 16.4. The van der Waals surface area contributed by atoms with Crippen LogP contribution in [0.1, 0.15) is 12.7 Å². The molecule has 1 aromatic heterocycles. The molecule has 0 radical (unpaired) electrons. The molecule has 10 heteroatoms. The lowest BCUT2D eigenvalue weighted by atomic mass is 10.4. The second-order valence-corrected chi connectivity index (χ2v) is 7.61.